The Morgan fingerprint density at radius 3 is 2.46 bits per heavy atom. The van der Waals surface area contributed by atoms with Crippen LogP contribution in [0.5, 0.6) is 0 Å². The van der Waals surface area contributed by atoms with Crippen LogP contribution in [0, 0.1) is 11.2 Å². The van der Waals surface area contributed by atoms with Crippen LogP contribution >= 0.6 is 0 Å². The molecule has 0 bridgehead atoms. The van der Waals surface area contributed by atoms with Crippen LogP contribution in [0.1, 0.15) is 37.0 Å². The number of hydrogen-bond acceptors (Lipinski definition) is 4. The molecule has 5 rings (SSSR count). The van der Waals surface area contributed by atoms with E-state index in [0.29, 0.717) is 36.9 Å². The van der Waals surface area contributed by atoms with E-state index in [4.69, 9.17) is 0 Å². The third kappa shape index (κ3) is 5.62. The fourth-order valence-corrected chi connectivity index (χ4v) is 4.72. The molecule has 1 aliphatic carbocycles. The molecule has 1 aromatic heterocycles. The molecule has 2 N–H and O–H groups in total. The molecule has 0 aliphatic heterocycles. The van der Waals surface area contributed by atoms with Crippen molar-refractivity contribution in [3.63, 3.8) is 0 Å². The van der Waals surface area contributed by atoms with E-state index < -0.39 is 11.4 Å². The molecule has 0 saturated heterocycles. The molecule has 37 heavy (non-hydrogen) atoms. The standard InChI is InChI=1S/C30H31FN4O2/c1-30(2,29(36)37)12-13-35-19-33-28(34-35)24-9-5-8-20(14-24)23-10-11-27(31)25(15-23)18-32-26-16-21-6-3-4-7-22(21)17-26/h3-11,14-15,19,26,32H,12-13,16-18H2,1-2H3,(H,36,37). The third-order valence-electron chi connectivity index (χ3n) is 7.21. The normalized spacial score (nSPS) is 13.6. The average molecular weight is 499 g/mol. The number of carboxylic acid groups (broad SMARTS) is 1. The molecule has 0 atom stereocenters. The van der Waals surface area contributed by atoms with Gasteiger partial charge in [-0.2, -0.15) is 5.10 Å². The highest BCUT2D eigenvalue weighted by atomic mass is 19.1. The molecule has 6 nitrogen and oxygen atoms in total. The molecule has 0 fully saturated rings. The maximum atomic E-state index is 14.7. The summed E-state index contributed by atoms with van der Waals surface area (Å²) in [6.07, 6.45) is 4.01. The van der Waals surface area contributed by atoms with E-state index in [-0.39, 0.29) is 5.82 Å². The number of aromatic nitrogens is 3. The van der Waals surface area contributed by atoms with Crippen LogP contribution in [0.15, 0.2) is 73.1 Å². The van der Waals surface area contributed by atoms with Crippen molar-refractivity contribution in [2.24, 2.45) is 5.41 Å². The summed E-state index contributed by atoms with van der Waals surface area (Å²) in [7, 11) is 0. The second-order valence-electron chi connectivity index (χ2n) is 10.4. The van der Waals surface area contributed by atoms with E-state index in [9.17, 15) is 14.3 Å². The zero-order chi connectivity index (χ0) is 26.0. The van der Waals surface area contributed by atoms with E-state index in [1.807, 2.05) is 30.3 Å². The number of nitrogens with zero attached hydrogens (tertiary/aromatic N) is 3. The molecule has 0 unspecified atom stereocenters. The molecular weight excluding hydrogens is 467 g/mol. The van der Waals surface area contributed by atoms with Gasteiger partial charge in [0, 0.05) is 30.3 Å². The molecule has 0 spiro atoms. The Labute approximate surface area is 216 Å². The minimum atomic E-state index is -0.831. The summed E-state index contributed by atoms with van der Waals surface area (Å²) in [6.45, 7) is 4.34. The van der Waals surface area contributed by atoms with Gasteiger partial charge in [0.25, 0.3) is 0 Å². The molecule has 0 saturated carbocycles. The summed E-state index contributed by atoms with van der Waals surface area (Å²) in [5.41, 5.74) is 5.28. The van der Waals surface area contributed by atoms with Gasteiger partial charge in [0.05, 0.1) is 5.41 Å². The van der Waals surface area contributed by atoms with Crippen molar-refractivity contribution in [1.29, 1.82) is 0 Å². The highest BCUT2D eigenvalue weighted by Crippen LogP contribution is 2.28. The summed E-state index contributed by atoms with van der Waals surface area (Å²) in [4.78, 5) is 15.8. The number of aliphatic carboxylic acids is 1. The van der Waals surface area contributed by atoms with Crippen molar-refractivity contribution >= 4 is 5.97 Å². The number of benzene rings is 3. The second-order valence-corrected chi connectivity index (χ2v) is 10.4. The number of nitrogens with one attached hydrogen (secondary N) is 1. The van der Waals surface area contributed by atoms with Crippen LogP contribution in [-0.4, -0.2) is 31.9 Å². The van der Waals surface area contributed by atoms with Crippen LogP contribution in [0.4, 0.5) is 4.39 Å². The van der Waals surface area contributed by atoms with Crippen LogP contribution in [0.2, 0.25) is 0 Å². The first-order valence-electron chi connectivity index (χ1n) is 12.6. The number of carbonyl (C=O) groups is 1. The Bertz CT molecular complexity index is 1400. The van der Waals surface area contributed by atoms with Gasteiger partial charge in [0.1, 0.15) is 12.1 Å². The van der Waals surface area contributed by atoms with E-state index in [1.54, 1.807) is 30.9 Å². The minimum absolute atomic E-state index is 0.215. The maximum absolute atomic E-state index is 14.7. The molecule has 190 valence electrons. The van der Waals surface area contributed by atoms with Crippen LogP contribution in [0.3, 0.4) is 0 Å². The van der Waals surface area contributed by atoms with E-state index in [1.165, 1.54) is 17.2 Å². The highest BCUT2D eigenvalue weighted by molar-refractivity contribution is 5.73. The minimum Gasteiger partial charge on any atom is -0.481 e. The molecule has 1 heterocycles. The number of aryl methyl sites for hydroxylation is 1. The Morgan fingerprint density at radius 2 is 1.73 bits per heavy atom. The van der Waals surface area contributed by atoms with Gasteiger partial charge in [-0.3, -0.25) is 9.48 Å². The zero-order valence-electron chi connectivity index (χ0n) is 21.1. The summed E-state index contributed by atoms with van der Waals surface area (Å²) >= 11 is 0. The van der Waals surface area contributed by atoms with Gasteiger partial charge in [0.15, 0.2) is 5.82 Å². The quantitative estimate of drug-likeness (QED) is 0.318. The maximum Gasteiger partial charge on any atom is 0.309 e. The summed E-state index contributed by atoms with van der Waals surface area (Å²) < 4.78 is 16.4. The van der Waals surface area contributed by atoms with Gasteiger partial charge < -0.3 is 10.4 Å². The van der Waals surface area contributed by atoms with E-state index in [2.05, 4.69) is 39.7 Å². The first-order valence-corrected chi connectivity index (χ1v) is 12.6. The lowest BCUT2D eigenvalue weighted by atomic mass is 9.90. The lowest BCUT2D eigenvalue weighted by Crippen LogP contribution is -2.29. The summed E-state index contributed by atoms with van der Waals surface area (Å²) in [6, 6.07) is 21.9. The highest BCUT2D eigenvalue weighted by Gasteiger charge is 2.27. The molecule has 3 aromatic carbocycles. The number of fused-ring (bicyclic) bond motifs is 1. The number of halogens is 1. The fourth-order valence-electron chi connectivity index (χ4n) is 4.72. The fraction of sp³-hybridized carbons (Fsp3) is 0.300. The number of rotatable bonds is 9. The largest absolute Gasteiger partial charge is 0.481 e. The zero-order valence-corrected chi connectivity index (χ0v) is 21.1. The number of hydrogen-bond donors (Lipinski definition) is 2. The van der Waals surface area contributed by atoms with E-state index in [0.717, 1.165) is 29.5 Å². The van der Waals surface area contributed by atoms with Crippen molar-refractivity contribution in [3.8, 4) is 22.5 Å². The van der Waals surface area contributed by atoms with Crippen LogP contribution in [0.25, 0.3) is 22.5 Å². The molecule has 0 radical (unpaired) electrons. The molecule has 7 heteroatoms. The lowest BCUT2D eigenvalue weighted by Gasteiger charge is -2.18. The Hall–Kier alpha value is -3.84. The van der Waals surface area contributed by atoms with Gasteiger partial charge in [-0.15, -0.1) is 0 Å². The monoisotopic (exact) mass is 498 g/mol. The van der Waals surface area contributed by atoms with Crippen molar-refractivity contribution in [1.82, 2.24) is 20.1 Å². The third-order valence-corrected chi connectivity index (χ3v) is 7.21. The Kier molecular flexibility index (Phi) is 6.89. The SMILES string of the molecule is CC(C)(CCn1cnc(-c2cccc(-c3ccc(F)c(CNC4Cc5ccccc5C4)c3)c2)n1)C(=O)O. The Morgan fingerprint density at radius 1 is 1.03 bits per heavy atom. The molecule has 4 aromatic rings. The van der Waals surface area contributed by atoms with Gasteiger partial charge in [0.2, 0.25) is 0 Å². The average Bonchev–Trinajstić information content (AvgIpc) is 3.54. The summed E-state index contributed by atoms with van der Waals surface area (Å²) in [5, 5.41) is 17.4. The second kappa shape index (κ2) is 10.3. The van der Waals surface area contributed by atoms with Gasteiger partial charge in [-0.1, -0.05) is 48.5 Å². The predicted molar refractivity (Wildman–Crippen MR) is 141 cm³/mol. The lowest BCUT2D eigenvalue weighted by molar-refractivity contribution is -0.147. The van der Waals surface area contributed by atoms with Gasteiger partial charge in [-0.05, 0) is 73.6 Å². The van der Waals surface area contributed by atoms with Crippen molar-refractivity contribution < 1.29 is 14.3 Å². The van der Waals surface area contributed by atoms with Crippen LogP contribution in [-0.2, 0) is 30.7 Å². The number of carboxylic acids is 1. The van der Waals surface area contributed by atoms with Crippen molar-refractivity contribution in [2.75, 3.05) is 0 Å². The first-order chi connectivity index (χ1) is 17.8. The van der Waals surface area contributed by atoms with Crippen molar-refractivity contribution in [2.45, 2.75) is 52.2 Å². The van der Waals surface area contributed by atoms with Gasteiger partial charge in [-0.25, -0.2) is 9.37 Å². The molecule has 1 aliphatic rings. The topological polar surface area (TPSA) is 80.0 Å². The predicted octanol–water partition coefficient (Wildman–Crippen LogP) is 5.51. The van der Waals surface area contributed by atoms with Gasteiger partial charge >= 0.3 is 5.97 Å². The molecule has 0 amide bonds. The van der Waals surface area contributed by atoms with E-state index >= 15 is 0 Å². The van der Waals surface area contributed by atoms with Crippen LogP contribution < -0.4 is 5.32 Å². The van der Waals surface area contributed by atoms with Crippen molar-refractivity contribution in [3.05, 3.63) is 95.6 Å². The first kappa shape index (κ1) is 24.8. The Balaban J connectivity index is 1.28. The summed E-state index contributed by atoms with van der Waals surface area (Å²) in [5.74, 6) is -0.477. The molecular formula is C30H31FN4O2. The smallest absolute Gasteiger partial charge is 0.309 e.